The maximum absolute atomic E-state index is 12.3. The molecule has 0 atom stereocenters. The van der Waals surface area contributed by atoms with Gasteiger partial charge in [0, 0.05) is 12.1 Å². The summed E-state index contributed by atoms with van der Waals surface area (Å²) in [6.45, 7) is 5.48. The topological polar surface area (TPSA) is 58.4 Å². The van der Waals surface area contributed by atoms with Crippen LogP contribution in [0.5, 0.6) is 0 Å². The van der Waals surface area contributed by atoms with Crippen LogP contribution < -0.4 is 11.1 Å². The van der Waals surface area contributed by atoms with Crippen LogP contribution in [0.25, 0.3) is 0 Å². The van der Waals surface area contributed by atoms with Crippen LogP contribution in [0.15, 0.2) is 11.4 Å². The fourth-order valence-corrected chi connectivity index (χ4v) is 3.20. The summed E-state index contributed by atoms with van der Waals surface area (Å²) in [6, 6.07) is 1.87. The van der Waals surface area contributed by atoms with Gasteiger partial charge >= 0.3 is 0 Å². The van der Waals surface area contributed by atoms with Gasteiger partial charge in [0.25, 0.3) is 5.91 Å². The molecule has 1 saturated heterocycles. The summed E-state index contributed by atoms with van der Waals surface area (Å²) in [7, 11) is 2.15. The number of thiophene rings is 1. The summed E-state index contributed by atoms with van der Waals surface area (Å²) in [6.07, 6.45) is 2.24. The number of nitrogens with zero attached hydrogens (tertiary/aromatic N) is 1. The molecule has 2 rings (SSSR count). The lowest BCUT2D eigenvalue weighted by Gasteiger charge is -2.37. The molecule has 1 fully saturated rings. The molecule has 0 unspecified atom stereocenters. The molecule has 2 heterocycles. The first-order valence-electron chi connectivity index (χ1n) is 7.27. The molecule has 5 heteroatoms. The zero-order chi connectivity index (χ0) is 15.3. The SMILES string of the molecule is CN1CCC(C)(CNC(=O)c2sccc2C#CCN)CC1. The maximum Gasteiger partial charge on any atom is 0.262 e. The van der Waals surface area contributed by atoms with Gasteiger partial charge in [-0.25, -0.2) is 0 Å². The first kappa shape index (κ1) is 16.0. The first-order chi connectivity index (χ1) is 10.0. The Balaban J connectivity index is 1.94. The number of nitrogens with one attached hydrogen (secondary N) is 1. The van der Waals surface area contributed by atoms with Crippen molar-refractivity contribution < 1.29 is 4.79 Å². The first-order valence-corrected chi connectivity index (χ1v) is 8.15. The lowest BCUT2D eigenvalue weighted by Crippen LogP contribution is -2.43. The molecule has 1 aromatic rings. The summed E-state index contributed by atoms with van der Waals surface area (Å²) >= 11 is 1.43. The van der Waals surface area contributed by atoms with E-state index in [-0.39, 0.29) is 11.3 Å². The van der Waals surface area contributed by atoms with Crippen LogP contribution in [-0.2, 0) is 0 Å². The third-order valence-corrected chi connectivity index (χ3v) is 4.98. The van der Waals surface area contributed by atoms with E-state index in [1.807, 2.05) is 11.4 Å². The molecule has 0 aliphatic carbocycles. The zero-order valence-electron chi connectivity index (χ0n) is 12.7. The quantitative estimate of drug-likeness (QED) is 0.833. The summed E-state index contributed by atoms with van der Waals surface area (Å²) in [5.74, 6) is 5.74. The van der Waals surface area contributed by atoms with Crippen molar-refractivity contribution >= 4 is 17.2 Å². The second-order valence-corrected chi connectivity index (χ2v) is 6.88. The van der Waals surface area contributed by atoms with Gasteiger partial charge in [0.15, 0.2) is 0 Å². The third kappa shape index (κ3) is 4.31. The normalized spacial score (nSPS) is 17.9. The van der Waals surface area contributed by atoms with Crippen LogP contribution in [0.2, 0.25) is 0 Å². The molecule has 4 nitrogen and oxygen atoms in total. The lowest BCUT2D eigenvalue weighted by atomic mass is 9.80. The van der Waals surface area contributed by atoms with Gasteiger partial charge in [0.2, 0.25) is 0 Å². The van der Waals surface area contributed by atoms with E-state index < -0.39 is 0 Å². The van der Waals surface area contributed by atoms with Crippen LogP contribution in [0.1, 0.15) is 35.0 Å². The molecule has 1 amide bonds. The Kier molecular flexibility index (Phi) is 5.40. The Morgan fingerprint density at radius 1 is 1.52 bits per heavy atom. The van der Waals surface area contributed by atoms with Gasteiger partial charge in [-0.1, -0.05) is 18.8 Å². The minimum atomic E-state index is -0.0218. The van der Waals surface area contributed by atoms with Gasteiger partial charge in [-0.05, 0) is 49.8 Å². The highest BCUT2D eigenvalue weighted by molar-refractivity contribution is 7.12. The Morgan fingerprint density at radius 2 is 2.24 bits per heavy atom. The highest BCUT2D eigenvalue weighted by Gasteiger charge is 2.29. The Bertz CT molecular complexity index is 547. The van der Waals surface area contributed by atoms with Gasteiger partial charge in [-0.15, -0.1) is 11.3 Å². The van der Waals surface area contributed by atoms with Gasteiger partial charge in [-0.2, -0.15) is 0 Å². The monoisotopic (exact) mass is 305 g/mol. The van der Waals surface area contributed by atoms with Crippen LogP contribution in [0, 0.1) is 17.3 Å². The van der Waals surface area contributed by atoms with E-state index in [1.54, 1.807) is 0 Å². The lowest BCUT2D eigenvalue weighted by molar-refractivity contribution is 0.0895. The number of piperidine rings is 1. The van der Waals surface area contributed by atoms with Gasteiger partial charge in [0.05, 0.1) is 6.54 Å². The molecular formula is C16H23N3OS. The minimum Gasteiger partial charge on any atom is -0.351 e. The number of rotatable bonds is 3. The molecular weight excluding hydrogens is 282 g/mol. The van der Waals surface area contributed by atoms with Crippen LogP contribution in [0.3, 0.4) is 0 Å². The van der Waals surface area contributed by atoms with Crippen LogP contribution >= 0.6 is 11.3 Å². The van der Waals surface area contributed by atoms with E-state index in [2.05, 4.69) is 36.0 Å². The smallest absolute Gasteiger partial charge is 0.262 e. The van der Waals surface area contributed by atoms with Gasteiger partial charge in [0.1, 0.15) is 4.88 Å². The Hall–Kier alpha value is -1.35. The predicted molar refractivity (Wildman–Crippen MR) is 87.4 cm³/mol. The maximum atomic E-state index is 12.3. The summed E-state index contributed by atoms with van der Waals surface area (Å²) in [4.78, 5) is 15.4. The predicted octanol–water partition coefficient (Wildman–Crippen LogP) is 1.52. The van der Waals surface area contributed by atoms with Crippen LogP contribution in [0.4, 0.5) is 0 Å². The van der Waals surface area contributed by atoms with E-state index in [9.17, 15) is 4.79 Å². The number of likely N-dealkylation sites (tertiary alicyclic amines) is 1. The molecule has 0 aromatic carbocycles. The van der Waals surface area contributed by atoms with Gasteiger partial charge in [-0.3, -0.25) is 4.79 Å². The molecule has 3 N–H and O–H groups in total. The number of hydrogen-bond donors (Lipinski definition) is 2. The van der Waals surface area contributed by atoms with Crippen molar-refractivity contribution in [2.75, 3.05) is 33.2 Å². The molecule has 114 valence electrons. The standard InChI is InChI=1S/C16H23N3OS/c1-16(6-9-19(2)10-7-16)12-18-15(20)14-13(4-3-8-17)5-11-21-14/h5,11H,6-10,12,17H2,1-2H3,(H,18,20). The van der Waals surface area contributed by atoms with Crippen molar-refractivity contribution in [1.82, 2.24) is 10.2 Å². The van der Waals surface area contributed by atoms with Crippen molar-refractivity contribution in [3.05, 3.63) is 21.9 Å². The number of hydrogen-bond acceptors (Lipinski definition) is 4. The van der Waals surface area contributed by atoms with Crippen molar-refractivity contribution in [1.29, 1.82) is 0 Å². The Labute approximate surface area is 130 Å². The molecule has 0 saturated carbocycles. The molecule has 1 aliphatic heterocycles. The molecule has 0 bridgehead atoms. The van der Waals surface area contributed by atoms with Crippen molar-refractivity contribution in [3.8, 4) is 11.8 Å². The molecule has 0 radical (unpaired) electrons. The summed E-state index contributed by atoms with van der Waals surface area (Å²) < 4.78 is 0. The molecule has 1 aromatic heterocycles. The average Bonchev–Trinajstić information content (AvgIpc) is 2.95. The van der Waals surface area contributed by atoms with E-state index in [1.165, 1.54) is 11.3 Å². The number of amides is 1. The average molecular weight is 305 g/mol. The number of carbonyl (C=O) groups is 1. The van der Waals surface area contributed by atoms with Gasteiger partial charge < -0.3 is 16.0 Å². The van der Waals surface area contributed by atoms with E-state index in [0.29, 0.717) is 11.4 Å². The van der Waals surface area contributed by atoms with Crippen molar-refractivity contribution in [2.24, 2.45) is 11.1 Å². The number of carbonyl (C=O) groups excluding carboxylic acids is 1. The molecule has 1 aliphatic rings. The van der Waals surface area contributed by atoms with Crippen molar-refractivity contribution in [2.45, 2.75) is 19.8 Å². The zero-order valence-corrected chi connectivity index (χ0v) is 13.6. The van der Waals surface area contributed by atoms with Crippen LogP contribution in [-0.4, -0.2) is 44.0 Å². The van der Waals surface area contributed by atoms with Crippen molar-refractivity contribution in [3.63, 3.8) is 0 Å². The van der Waals surface area contributed by atoms with E-state index in [4.69, 9.17) is 5.73 Å². The second-order valence-electron chi connectivity index (χ2n) is 5.97. The summed E-state index contributed by atoms with van der Waals surface area (Å²) in [5.41, 5.74) is 6.35. The fourth-order valence-electron chi connectivity index (χ4n) is 2.44. The summed E-state index contributed by atoms with van der Waals surface area (Å²) in [5, 5.41) is 4.98. The highest BCUT2D eigenvalue weighted by atomic mass is 32.1. The molecule has 21 heavy (non-hydrogen) atoms. The minimum absolute atomic E-state index is 0.0218. The highest BCUT2D eigenvalue weighted by Crippen LogP contribution is 2.29. The Morgan fingerprint density at radius 3 is 2.90 bits per heavy atom. The fraction of sp³-hybridized carbons (Fsp3) is 0.562. The largest absolute Gasteiger partial charge is 0.351 e. The number of nitrogens with two attached hydrogens (primary N) is 1. The van der Waals surface area contributed by atoms with E-state index >= 15 is 0 Å². The molecule has 0 spiro atoms. The van der Waals surface area contributed by atoms with E-state index in [0.717, 1.165) is 38.0 Å². The second kappa shape index (κ2) is 7.08. The third-order valence-electron chi connectivity index (χ3n) is 4.07.